The highest BCUT2D eigenvalue weighted by Crippen LogP contribution is 2.34. The average molecular weight is 309 g/mol. The third-order valence-electron chi connectivity index (χ3n) is 2.87. The fourth-order valence-electron chi connectivity index (χ4n) is 1.84. The second-order valence-electron chi connectivity index (χ2n) is 4.17. The van der Waals surface area contributed by atoms with Crippen molar-refractivity contribution in [2.24, 2.45) is 0 Å². The van der Waals surface area contributed by atoms with Gasteiger partial charge in [-0.25, -0.2) is 4.79 Å². The maximum Gasteiger partial charge on any atom is 0.337 e. The van der Waals surface area contributed by atoms with Gasteiger partial charge in [0.25, 0.3) is 0 Å². The molecule has 3 nitrogen and oxygen atoms in total. The van der Waals surface area contributed by atoms with Crippen molar-refractivity contribution in [1.29, 1.82) is 0 Å². The number of alkyl halides is 1. The fraction of sp³-hybridized carbons (Fsp3) is 0.0667. The van der Waals surface area contributed by atoms with Crippen LogP contribution in [0, 0.1) is 0 Å². The molecule has 5 heteroatoms. The van der Waals surface area contributed by atoms with E-state index in [1.165, 1.54) is 24.3 Å². The molecule has 0 aliphatic heterocycles. The Hall–Kier alpha value is -1.84. The number of hydrogen-bond acceptors (Lipinski definition) is 2. The summed E-state index contributed by atoms with van der Waals surface area (Å²) in [4.78, 5) is 21.8. The first kappa shape index (κ1) is 14.6. The van der Waals surface area contributed by atoms with E-state index in [2.05, 4.69) is 0 Å². The predicted molar refractivity (Wildman–Crippen MR) is 77.4 cm³/mol. The Kier molecular flexibility index (Phi) is 4.12. The van der Waals surface area contributed by atoms with Gasteiger partial charge in [-0.15, -0.1) is 0 Å². The number of halogens is 2. The zero-order chi connectivity index (χ0) is 14.8. The molecule has 0 amide bonds. The summed E-state index contributed by atoms with van der Waals surface area (Å²) >= 11 is 12.0. The molecular formula is C15H10Cl2O3. The molecule has 2 aromatic rings. The maximum absolute atomic E-state index is 12.5. The number of Topliss-reactive ketones (excluding diaryl/α,β-unsaturated/α-hetero) is 1. The molecule has 1 atom stereocenters. The first-order chi connectivity index (χ1) is 9.46. The Bertz CT molecular complexity index is 655. The van der Waals surface area contributed by atoms with Gasteiger partial charge in [-0.2, -0.15) is 0 Å². The number of hydrogen-bond donors (Lipinski definition) is 1. The molecule has 0 spiro atoms. The van der Waals surface area contributed by atoms with Crippen LogP contribution in [0.25, 0.3) is 0 Å². The summed E-state index contributed by atoms with van der Waals surface area (Å²) in [6.07, 6.45) is 0. The summed E-state index contributed by atoms with van der Waals surface area (Å²) in [5, 5.41) is 9.73. The molecule has 20 heavy (non-hydrogen) atoms. The molecule has 2 aromatic carbocycles. The number of carbonyl (C=O) groups is 2. The number of benzene rings is 2. The van der Waals surface area contributed by atoms with Gasteiger partial charge in [0.2, 0.25) is 4.87 Å². The second-order valence-corrected chi connectivity index (χ2v) is 5.17. The van der Waals surface area contributed by atoms with Crippen molar-refractivity contribution >= 4 is 35.0 Å². The van der Waals surface area contributed by atoms with Crippen LogP contribution in [0.3, 0.4) is 0 Å². The quantitative estimate of drug-likeness (QED) is 0.532. The fourth-order valence-corrected chi connectivity index (χ4v) is 2.26. The highest BCUT2D eigenvalue weighted by atomic mass is 35.5. The maximum atomic E-state index is 12.5. The topological polar surface area (TPSA) is 54.4 Å². The molecule has 1 unspecified atom stereocenters. The Morgan fingerprint density at radius 1 is 1.00 bits per heavy atom. The Morgan fingerprint density at radius 2 is 1.65 bits per heavy atom. The Labute approximate surface area is 125 Å². The summed E-state index contributed by atoms with van der Waals surface area (Å²) < 4.78 is 0. The summed E-state index contributed by atoms with van der Waals surface area (Å²) in [6.45, 7) is 0. The minimum Gasteiger partial charge on any atom is -0.479 e. The number of carboxylic acid groups (broad SMARTS) is 1. The smallest absolute Gasteiger partial charge is 0.337 e. The molecule has 2 rings (SSSR count). The van der Waals surface area contributed by atoms with E-state index in [0.717, 1.165) is 0 Å². The van der Waals surface area contributed by atoms with E-state index in [9.17, 15) is 14.7 Å². The van der Waals surface area contributed by atoms with E-state index < -0.39 is 16.6 Å². The van der Waals surface area contributed by atoms with Crippen molar-refractivity contribution in [3.63, 3.8) is 0 Å². The van der Waals surface area contributed by atoms with Crippen LogP contribution >= 0.6 is 23.2 Å². The van der Waals surface area contributed by atoms with E-state index in [-0.39, 0.29) is 11.1 Å². The molecule has 0 heterocycles. The highest BCUT2D eigenvalue weighted by molar-refractivity contribution is 6.47. The molecule has 0 saturated heterocycles. The van der Waals surface area contributed by atoms with Gasteiger partial charge in [-0.1, -0.05) is 65.7 Å². The van der Waals surface area contributed by atoms with Gasteiger partial charge in [-0.3, -0.25) is 4.79 Å². The predicted octanol–water partition coefficient (Wildman–Crippen LogP) is 3.74. The molecular weight excluding hydrogens is 299 g/mol. The van der Waals surface area contributed by atoms with Crippen LogP contribution in [0.4, 0.5) is 0 Å². The van der Waals surface area contributed by atoms with Crippen molar-refractivity contribution in [2.75, 3.05) is 0 Å². The summed E-state index contributed by atoms with van der Waals surface area (Å²) in [5.74, 6) is -2.13. The lowest BCUT2D eigenvalue weighted by molar-refractivity contribution is -0.138. The van der Waals surface area contributed by atoms with Gasteiger partial charge in [0.15, 0.2) is 5.78 Å². The van der Waals surface area contributed by atoms with Crippen molar-refractivity contribution in [1.82, 2.24) is 0 Å². The van der Waals surface area contributed by atoms with Crippen molar-refractivity contribution in [3.05, 3.63) is 70.7 Å². The molecule has 0 saturated carbocycles. The van der Waals surface area contributed by atoms with E-state index in [1.54, 1.807) is 30.3 Å². The monoisotopic (exact) mass is 308 g/mol. The Morgan fingerprint density at radius 3 is 2.20 bits per heavy atom. The molecule has 102 valence electrons. The largest absolute Gasteiger partial charge is 0.479 e. The zero-order valence-corrected chi connectivity index (χ0v) is 11.7. The van der Waals surface area contributed by atoms with E-state index >= 15 is 0 Å². The van der Waals surface area contributed by atoms with Gasteiger partial charge in [-0.05, 0) is 17.7 Å². The van der Waals surface area contributed by atoms with Crippen LogP contribution in [0.2, 0.25) is 5.02 Å². The number of carboxylic acids is 1. The van der Waals surface area contributed by atoms with Crippen LogP contribution < -0.4 is 0 Å². The van der Waals surface area contributed by atoms with Gasteiger partial charge < -0.3 is 5.11 Å². The lowest BCUT2D eigenvalue weighted by Crippen LogP contribution is -2.38. The van der Waals surface area contributed by atoms with E-state index in [1.807, 2.05) is 0 Å². The molecule has 0 aromatic heterocycles. The summed E-state index contributed by atoms with van der Waals surface area (Å²) in [5.41, 5.74) is 0.359. The van der Waals surface area contributed by atoms with E-state index in [4.69, 9.17) is 23.2 Å². The minimum atomic E-state index is -2.19. The van der Waals surface area contributed by atoms with Gasteiger partial charge in [0.1, 0.15) is 0 Å². The third-order valence-corrected chi connectivity index (χ3v) is 3.65. The third kappa shape index (κ3) is 2.55. The van der Waals surface area contributed by atoms with Gasteiger partial charge >= 0.3 is 5.97 Å². The molecule has 0 aliphatic carbocycles. The van der Waals surface area contributed by atoms with Crippen molar-refractivity contribution in [3.8, 4) is 0 Å². The summed E-state index contributed by atoms with van der Waals surface area (Å²) in [6, 6.07) is 14.0. The Balaban J connectivity index is 2.56. The van der Waals surface area contributed by atoms with Crippen molar-refractivity contribution < 1.29 is 14.7 Å². The zero-order valence-electron chi connectivity index (χ0n) is 10.2. The van der Waals surface area contributed by atoms with Crippen LogP contribution in [-0.2, 0) is 9.67 Å². The number of aliphatic carboxylic acids is 1. The number of carbonyl (C=O) groups excluding carboxylic acids is 1. The number of rotatable bonds is 4. The first-order valence-electron chi connectivity index (χ1n) is 5.74. The first-order valence-corrected chi connectivity index (χ1v) is 6.50. The lowest BCUT2D eigenvalue weighted by Gasteiger charge is -2.21. The van der Waals surface area contributed by atoms with Gasteiger partial charge in [0.05, 0.1) is 0 Å². The van der Waals surface area contributed by atoms with Crippen LogP contribution in [0.15, 0.2) is 54.6 Å². The van der Waals surface area contributed by atoms with Crippen LogP contribution in [0.5, 0.6) is 0 Å². The molecule has 1 N–H and O–H groups in total. The number of ketones is 1. The molecule has 0 aliphatic rings. The second kappa shape index (κ2) is 5.65. The molecule has 0 bridgehead atoms. The standard InChI is InChI=1S/C15H10Cl2O3/c16-12-8-4-7-11(9-12)15(17,14(19)20)13(18)10-5-2-1-3-6-10/h1-9H,(H,19,20). The summed E-state index contributed by atoms with van der Waals surface area (Å²) in [7, 11) is 0. The highest BCUT2D eigenvalue weighted by Gasteiger charge is 2.46. The van der Waals surface area contributed by atoms with Crippen LogP contribution in [-0.4, -0.2) is 16.9 Å². The molecule has 0 radical (unpaired) electrons. The average Bonchev–Trinajstić information content (AvgIpc) is 2.46. The lowest BCUT2D eigenvalue weighted by atomic mass is 9.90. The van der Waals surface area contributed by atoms with Crippen molar-refractivity contribution in [2.45, 2.75) is 4.87 Å². The SMILES string of the molecule is O=C(O)C(Cl)(C(=O)c1ccccc1)c1cccc(Cl)c1. The van der Waals surface area contributed by atoms with Crippen LogP contribution in [0.1, 0.15) is 15.9 Å². The minimum absolute atomic E-state index is 0.132. The normalized spacial score (nSPS) is 13.5. The van der Waals surface area contributed by atoms with Gasteiger partial charge in [0, 0.05) is 10.6 Å². The molecule has 0 fully saturated rings. The van der Waals surface area contributed by atoms with E-state index in [0.29, 0.717) is 5.02 Å².